The van der Waals surface area contributed by atoms with Gasteiger partial charge >= 0.3 is 0 Å². The van der Waals surface area contributed by atoms with E-state index in [2.05, 4.69) is 10.0 Å². The first kappa shape index (κ1) is 19.7. The van der Waals surface area contributed by atoms with E-state index in [0.29, 0.717) is 17.0 Å². The van der Waals surface area contributed by atoms with Gasteiger partial charge in [-0.25, -0.2) is 13.1 Å². The van der Waals surface area contributed by atoms with Crippen LogP contribution in [0.25, 0.3) is 0 Å². The van der Waals surface area contributed by atoms with Gasteiger partial charge in [-0.05, 0) is 55.0 Å². The Hall–Kier alpha value is -2.03. The van der Waals surface area contributed by atoms with E-state index in [1.54, 1.807) is 30.0 Å². The maximum atomic E-state index is 12.6. The predicted molar refractivity (Wildman–Crippen MR) is 108 cm³/mol. The molecule has 8 heteroatoms. The summed E-state index contributed by atoms with van der Waals surface area (Å²) in [4.78, 5) is 12.7. The fourth-order valence-corrected chi connectivity index (χ4v) is 4.41. The van der Waals surface area contributed by atoms with Gasteiger partial charge in [0.15, 0.2) is 0 Å². The lowest BCUT2D eigenvalue weighted by atomic mass is 10.1. The van der Waals surface area contributed by atoms with Crippen LogP contribution in [-0.4, -0.2) is 33.7 Å². The van der Waals surface area contributed by atoms with Gasteiger partial charge in [0.05, 0.1) is 17.7 Å². The summed E-state index contributed by atoms with van der Waals surface area (Å²) in [5.74, 6) is 0.949. The fourth-order valence-electron chi connectivity index (χ4n) is 2.55. The molecule has 2 aromatic rings. The number of thioether (sulfide) groups is 1. The highest BCUT2D eigenvalue weighted by molar-refractivity contribution is 7.97. The van der Waals surface area contributed by atoms with Crippen molar-refractivity contribution in [2.75, 3.05) is 18.7 Å². The van der Waals surface area contributed by atoms with E-state index in [0.717, 1.165) is 24.2 Å². The number of anilines is 1. The van der Waals surface area contributed by atoms with E-state index in [9.17, 15) is 13.2 Å². The maximum Gasteiger partial charge on any atom is 0.255 e. The summed E-state index contributed by atoms with van der Waals surface area (Å²) in [5, 5.41) is 2.75. The topological polar surface area (TPSA) is 84.5 Å². The monoisotopic (exact) mass is 406 g/mol. The summed E-state index contributed by atoms with van der Waals surface area (Å²) in [6.07, 6.45) is 3.73. The van der Waals surface area contributed by atoms with Crippen LogP contribution in [0.4, 0.5) is 5.69 Å². The molecule has 1 saturated carbocycles. The molecule has 0 aliphatic heterocycles. The van der Waals surface area contributed by atoms with E-state index >= 15 is 0 Å². The summed E-state index contributed by atoms with van der Waals surface area (Å²) >= 11 is 1.71. The standard InChI is InChI=1S/C19H22N2O4S2/c1-25-18-10-9-16(27(23,24)21-15-7-8-15)11-17(18)20-19(22)14-5-3-13(4-6-14)12-26-2/h3-6,9-11,15,21H,7-8,12H2,1-2H3,(H,20,22). The molecule has 0 heterocycles. The zero-order valence-electron chi connectivity index (χ0n) is 15.2. The lowest BCUT2D eigenvalue weighted by Crippen LogP contribution is -2.25. The van der Waals surface area contributed by atoms with Crippen LogP contribution in [0.3, 0.4) is 0 Å². The summed E-state index contributed by atoms with van der Waals surface area (Å²) in [5.41, 5.74) is 1.94. The van der Waals surface area contributed by atoms with Gasteiger partial charge in [0.2, 0.25) is 10.0 Å². The van der Waals surface area contributed by atoms with Crippen LogP contribution >= 0.6 is 11.8 Å². The van der Waals surface area contributed by atoms with Crippen molar-refractivity contribution in [2.24, 2.45) is 0 Å². The predicted octanol–water partition coefficient (Wildman–Crippen LogP) is 3.25. The molecule has 27 heavy (non-hydrogen) atoms. The number of ether oxygens (including phenoxy) is 1. The molecule has 0 aromatic heterocycles. The highest BCUT2D eigenvalue weighted by atomic mass is 32.2. The Balaban J connectivity index is 1.81. The average molecular weight is 407 g/mol. The van der Waals surface area contributed by atoms with E-state index < -0.39 is 10.0 Å². The molecule has 0 spiro atoms. The lowest BCUT2D eigenvalue weighted by Gasteiger charge is -2.13. The SMILES string of the molecule is COc1ccc(S(=O)(=O)NC2CC2)cc1NC(=O)c1ccc(CSC)cc1. The molecule has 1 aliphatic rings. The van der Waals surface area contributed by atoms with Gasteiger partial charge in [0.25, 0.3) is 5.91 Å². The second kappa shape index (κ2) is 8.33. The van der Waals surface area contributed by atoms with E-state index in [-0.39, 0.29) is 16.8 Å². The Labute approximate surface area is 163 Å². The normalized spacial score (nSPS) is 14.0. The minimum absolute atomic E-state index is 0.00920. The molecule has 0 radical (unpaired) electrons. The summed E-state index contributed by atoms with van der Waals surface area (Å²) < 4.78 is 32.7. The molecule has 1 aliphatic carbocycles. The van der Waals surface area contributed by atoms with Crippen LogP contribution in [-0.2, 0) is 15.8 Å². The molecule has 6 nitrogen and oxygen atoms in total. The van der Waals surface area contributed by atoms with Crippen molar-refractivity contribution in [1.29, 1.82) is 0 Å². The van der Waals surface area contributed by atoms with E-state index in [4.69, 9.17) is 4.74 Å². The van der Waals surface area contributed by atoms with Crippen molar-refractivity contribution in [3.63, 3.8) is 0 Å². The highest BCUT2D eigenvalue weighted by Crippen LogP contribution is 2.29. The number of hydrogen-bond donors (Lipinski definition) is 2. The zero-order valence-corrected chi connectivity index (χ0v) is 16.8. The van der Waals surface area contributed by atoms with Gasteiger partial charge in [-0.1, -0.05) is 12.1 Å². The molecule has 0 bridgehead atoms. The Morgan fingerprint density at radius 2 is 1.89 bits per heavy atom. The number of hydrogen-bond acceptors (Lipinski definition) is 5. The van der Waals surface area contributed by atoms with Crippen LogP contribution in [0.2, 0.25) is 0 Å². The molecule has 0 saturated heterocycles. The Morgan fingerprint density at radius 1 is 1.19 bits per heavy atom. The van der Waals surface area contributed by atoms with Crippen LogP contribution in [0.1, 0.15) is 28.8 Å². The Bertz CT molecular complexity index is 923. The van der Waals surface area contributed by atoms with Crippen molar-refractivity contribution in [3.8, 4) is 5.75 Å². The molecule has 1 fully saturated rings. The largest absolute Gasteiger partial charge is 0.495 e. The number of sulfonamides is 1. The second-order valence-electron chi connectivity index (χ2n) is 6.34. The molecular formula is C19H22N2O4S2. The number of carbonyl (C=O) groups is 1. The van der Waals surface area contributed by atoms with Gasteiger partial charge in [0, 0.05) is 17.4 Å². The maximum absolute atomic E-state index is 12.6. The second-order valence-corrected chi connectivity index (χ2v) is 8.92. The zero-order chi connectivity index (χ0) is 19.4. The first-order chi connectivity index (χ1) is 12.9. The summed E-state index contributed by atoms with van der Waals surface area (Å²) in [6.45, 7) is 0. The van der Waals surface area contributed by atoms with Crippen molar-refractivity contribution in [3.05, 3.63) is 53.6 Å². The minimum atomic E-state index is -3.62. The quantitative estimate of drug-likeness (QED) is 0.703. The highest BCUT2D eigenvalue weighted by Gasteiger charge is 2.28. The van der Waals surface area contributed by atoms with Crippen molar-refractivity contribution in [2.45, 2.75) is 29.5 Å². The van der Waals surface area contributed by atoms with Crippen LogP contribution in [0, 0.1) is 0 Å². The third-order valence-electron chi connectivity index (χ3n) is 4.16. The van der Waals surface area contributed by atoms with Crippen molar-refractivity contribution in [1.82, 2.24) is 4.72 Å². The number of benzene rings is 2. The Morgan fingerprint density at radius 3 is 2.48 bits per heavy atom. The van der Waals surface area contributed by atoms with Crippen LogP contribution in [0.5, 0.6) is 5.75 Å². The first-order valence-electron chi connectivity index (χ1n) is 8.52. The van der Waals surface area contributed by atoms with Gasteiger partial charge in [-0.3, -0.25) is 4.79 Å². The number of rotatable bonds is 8. The minimum Gasteiger partial charge on any atom is -0.495 e. The smallest absolute Gasteiger partial charge is 0.255 e. The number of nitrogens with one attached hydrogen (secondary N) is 2. The number of carbonyl (C=O) groups excluding carboxylic acids is 1. The Kier molecular flexibility index (Phi) is 6.08. The molecule has 144 valence electrons. The summed E-state index contributed by atoms with van der Waals surface area (Å²) in [7, 11) is -2.15. The van der Waals surface area contributed by atoms with E-state index in [1.165, 1.54) is 19.2 Å². The first-order valence-corrected chi connectivity index (χ1v) is 11.4. The number of amides is 1. The van der Waals surface area contributed by atoms with Crippen LogP contribution < -0.4 is 14.8 Å². The lowest BCUT2D eigenvalue weighted by molar-refractivity contribution is 0.102. The number of methoxy groups -OCH3 is 1. The van der Waals surface area contributed by atoms with Crippen LogP contribution in [0.15, 0.2) is 47.4 Å². The van der Waals surface area contributed by atoms with Gasteiger partial charge in [-0.15, -0.1) is 0 Å². The van der Waals surface area contributed by atoms with Crippen molar-refractivity contribution >= 4 is 33.4 Å². The molecule has 1 amide bonds. The van der Waals surface area contributed by atoms with Gasteiger partial charge < -0.3 is 10.1 Å². The molecular weight excluding hydrogens is 384 g/mol. The fraction of sp³-hybridized carbons (Fsp3) is 0.316. The van der Waals surface area contributed by atoms with Gasteiger partial charge in [0.1, 0.15) is 5.75 Å². The molecule has 0 unspecified atom stereocenters. The molecule has 2 N–H and O–H groups in total. The third-order valence-corrected chi connectivity index (χ3v) is 6.30. The molecule has 3 rings (SSSR count). The molecule has 2 aromatic carbocycles. The van der Waals surface area contributed by atoms with Gasteiger partial charge in [-0.2, -0.15) is 11.8 Å². The average Bonchev–Trinajstić information content (AvgIpc) is 3.46. The van der Waals surface area contributed by atoms with E-state index in [1.807, 2.05) is 18.4 Å². The van der Waals surface area contributed by atoms with Crippen molar-refractivity contribution < 1.29 is 17.9 Å². The third kappa shape index (κ3) is 5.03. The summed E-state index contributed by atoms with van der Waals surface area (Å²) in [6, 6.07) is 11.8. The molecule has 0 atom stereocenters.